The van der Waals surface area contributed by atoms with Crippen molar-refractivity contribution in [1.29, 1.82) is 0 Å². The van der Waals surface area contributed by atoms with Crippen molar-refractivity contribution in [3.8, 4) is 0 Å². The van der Waals surface area contributed by atoms with Crippen molar-refractivity contribution in [3.63, 3.8) is 0 Å². The zero-order valence-corrected chi connectivity index (χ0v) is 7.66. The molecular formula is C11H20. The molecule has 0 nitrogen and oxygen atoms in total. The Balaban J connectivity index is 2.03. The Kier molecular flexibility index (Phi) is 1.66. The molecule has 11 heavy (non-hydrogen) atoms. The van der Waals surface area contributed by atoms with Crippen molar-refractivity contribution in [2.24, 2.45) is 11.3 Å². The largest absolute Gasteiger partial charge is 0.0625 e. The molecule has 0 heterocycles. The van der Waals surface area contributed by atoms with Crippen molar-refractivity contribution in [1.82, 2.24) is 0 Å². The van der Waals surface area contributed by atoms with Crippen LogP contribution in [0.3, 0.4) is 0 Å². The third kappa shape index (κ3) is 1.45. The van der Waals surface area contributed by atoms with Crippen LogP contribution in [0.15, 0.2) is 0 Å². The minimum atomic E-state index is -0.0860. The van der Waals surface area contributed by atoms with Gasteiger partial charge in [-0.05, 0) is 37.0 Å². The topological polar surface area (TPSA) is 0 Å². The SMILES string of the molecule is [2H][C@@]1(C)CCC2(CCCCC2)C1. The van der Waals surface area contributed by atoms with Gasteiger partial charge in [0, 0.05) is 1.37 Å². The fourth-order valence-corrected chi connectivity index (χ4v) is 3.02. The van der Waals surface area contributed by atoms with E-state index >= 15 is 0 Å². The maximum atomic E-state index is 8.05. The molecule has 0 unspecified atom stereocenters. The summed E-state index contributed by atoms with van der Waals surface area (Å²) < 4.78 is 8.05. The van der Waals surface area contributed by atoms with Crippen LogP contribution in [0.2, 0.25) is 0 Å². The fourth-order valence-electron chi connectivity index (χ4n) is 3.02. The summed E-state index contributed by atoms with van der Waals surface area (Å²) >= 11 is 0. The number of rotatable bonds is 0. The minimum Gasteiger partial charge on any atom is -0.0625 e. The summed E-state index contributed by atoms with van der Waals surface area (Å²) in [4.78, 5) is 0. The average molecular weight is 153 g/mol. The maximum Gasteiger partial charge on any atom is 0.0300 e. The Morgan fingerprint density at radius 1 is 1.18 bits per heavy atom. The molecule has 2 aliphatic carbocycles. The van der Waals surface area contributed by atoms with Crippen LogP contribution in [-0.2, 0) is 0 Å². The third-order valence-electron chi connectivity index (χ3n) is 3.67. The highest BCUT2D eigenvalue weighted by molar-refractivity contribution is 4.89. The molecule has 0 N–H and O–H groups in total. The predicted molar refractivity (Wildman–Crippen MR) is 48.5 cm³/mol. The molecule has 64 valence electrons. The second-order valence-corrected chi connectivity index (χ2v) is 4.69. The molecule has 2 fully saturated rings. The quantitative estimate of drug-likeness (QED) is 0.497. The van der Waals surface area contributed by atoms with Crippen LogP contribution >= 0.6 is 0 Å². The van der Waals surface area contributed by atoms with Crippen LogP contribution < -0.4 is 0 Å². The first-order chi connectivity index (χ1) is 5.62. The maximum absolute atomic E-state index is 8.05. The Morgan fingerprint density at radius 2 is 1.91 bits per heavy atom. The molecule has 0 radical (unpaired) electrons. The molecule has 0 aromatic carbocycles. The number of hydrogen-bond acceptors (Lipinski definition) is 0. The molecule has 0 saturated heterocycles. The molecule has 1 atom stereocenters. The summed E-state index contributed by atoms with van der Waals surface area (Å²) in [7, 11) is 0. The van der Waals surface area contributed by atoms with E-state index in [9.17, 15) is 0 Å². The molecular weight excluding hydrogens is 132 g/mol. The van der Waals surface area contributed by atoms with Gasteiger partial charge in [-0.2, -0.15) is 0 Å². The van der Waals surface area contributed by atoms with Crippen LogP contribution in [0.25, 0.3) is 0 Å². The lowest BCUT2D eigenvalue weighted by Gasteiger charge is -2.33. The van der Waals surface area contributed by atoms with Gasteiger partial charge in [0.05, 0.1) is 0 Å². The van der Waals surface area contributed by atoms with Crippen LogP contribution in [0.1, 0.15) is 59.7 Å². The smallest absolute Gasteiger partial charge is 0.0300 e. The van der Waals surface area contributed by atoms with Gasteiger partial charge in [0.2, 0.25) is 0 Å². The molecule has 0 aromatic heterocycles. The van der Waals surface area contributed by atoms with E-state index in [-0.39, 0.29) is 5.89 Å². The molecule has 2 rings (SSSR count). The minimum absolute atomic E-state index is 0.0860. The first-order valence-electron chi connectivity index (χ1n) is 5.62. The summed E-state index contributed by atoms with van der Waals surface area (Å²) in [5.41, 5.74) is 0.620. The van der Waals surface area contributed by atoms with E-state index in [1.807, 2.05) is 0 Å². The first-order valence-corrected chi connectivity index (χ1v) is 5.12. The van der Waals surface area contributed by atoms with E-state index in [0.29, 0.717) is 5.41 Å². The van der Waals surface area contributed by atoms with Gasteiger partial charge in [0.25, 0.3) is 0 Å². The molecule has 2 aliphatic rings. The van der Waals surface area contributed by atoms with Crippen molar-refractivity contribution < 1.29 is 1.37 Å². The average Bonchev–Trinajstić information content (AvgIpc) is 2.29. The van der Waals surface area contributed by atoms with E-state index in [4.69, 9.17) is 1.37 Å². The highest BCUT2D eigenvalue weighted by Crippen LogP contribution is 2.50. The molecule has 1 spiro atoms. The summed E-state index contributed by atoms with van der Waals surface area (Å²) in [6, 6.07) is 0. The highest BCUT2D eigenvalue weighted by atomic mass is 14.4. The van der Waals surface area contributed by atoms with Crippen LogP contribution in [-0.4, -0.2) is 0 Å². The van der Waals surface area contributed by atoms with Crippen LogP contribution in [0.4, 0.5) is 0 Å². The molecule has 0 bridgehead atoms. The van der Waals surface area contributed by atoms with Gasteiger partial charge in [-0.3, -0.25) is 0 Å². The fraction of sp³-hybridized carbons (Fsp3) is 1.00. The highest BCUT2D eigenvalue weighted by Gasteiger charge is 2.37. The number of hydrogen-bond donors (Lipinski definition) is 0. The molecule has 2 saturated carbocycles. The lowest BCUT2D eigenvalue weighted by atomic mass is 9.72. The second-order valence-electron chi connectivity index (χ2n) is 4.69. The summed E-state index contributed by atoms with van der Waals surface area (Å²) in [5, 5.41) is 0. The van der Waals surface area contributed by atoms with E-state index in [0.717, 1.165) is 6.42 Å². The summed E-state index contributed by atoms with van der Waals surface area (Å²) in [6.07, 6.45) is 10.8. The summed E-state index contributed by atoms with van der Waals surface area (Å²) in [6.45, 7) is 2.12. The van der Waals surface area contributed by atoms with Gasteiger partial charge >= 0.3 is 0 Å². The second kappa shape index (κ2) is 2.80. The van der Waals surface area contributed by atoms with E-state index in [2.05, 4.69) is 6.92 Å². The van der Waals surface area contributed by atoms with Crippen molar-refractivity contribution in [3.05, 3.63) is 0 Å². The van der Waals surface area contributed by atoms with Gasteiger partial charge in [0.1, 0.15) is 0 Å². The molecule has 0 aromatic rings. The first kappa shape index (κ1) is 6.51. The standard InChI is InChI=1S/C11H20/c1-10-5-8-11(9-10)6-3-2-4-7-11/h10H,2-9H2,1H3/t10-/m1/s1/i10D. The van der Waals surface area contributed by atoms with Gasteiger partial charge < -0.3 is 0 Å². The Morgan fingerprint density at radius 3 is 2.45 bits per heavy atom. The van der Waals surface area contributed by atoms with E-state index < -0.39 is 0 Å². The molecule has 0 amide bonds. The van der Waals surface area contributed by atoms with Crippen molar-refractivity contribution >= 4 is 0 Å². The van der Waals surface area contributed by atoms with Gasteiger partial charge in [-0.25, -0.2) is 0 Å². The normalized spacial score (nSPS) is 44.3. The van der Waals surface area contributed by atoms with Gasteiger partial charge in [0.15, 0.2) is 0 Å². The zero-order chi connectivity index (χ0) is 8.66. The molecule has 0 aliphatic heterocycles. The van der Waals surface area contributed by atoms with Crippen molar-refractivity contribution in [2.75, 3.05) is 0 Å². The van der Waals surface area contributed by atoms with E-state index in [1.54, 1.807) is 0 Å². The van der Waals surface area contributed by atoms with Gasteiger partial charge in [-0.1, -0.05) is 32.6 Å². The predicted octanol–water partition coefficient (Wildman–Crippen LogP) is 3.76. The third-order valence-corrected chi connectivity index (χ3v) is 3.67. The van der Waals surface area contributed by atoms with Crippen LogP contribution in [0.5, 0.6) is 0 Å². The lowest BCUT2D eigenvalue weighted by Crippen LogP contribution is -2.20. The zero-order valence-electron chi connectivity index (χ0n) is 8.66. The van der Waals surface area contributed by atoms with Crippen LogP contribution in [0, 0.1) is 11.3 Å². The Hall–Kier alpha value is 0. The Bertz CT molecular complexity index is 166. The Labute approximate surface area is 71.8 Å². The lowest BCUT2D eigenvalue weighted by molar-refractivity contribution is 0.191. The van der Waals surface area contributed by atoms with Gasteiger partial charge in [-0.15, -0.1) is 0 Å². The van der Waals surface area contributed by atoms with E-state index in [1.165, 1.54) is 44.9 Å². The monoisotopic (exact) mass is 153 g/mol. The molecule has 0 heteroatoms. The van der Waals surface area contributed by atoms with Crippen molar-refractivity contribution in [2.45, 2.75) is 58.3 Å². The summed E-state index contributed by atoms with van der Waals surface area (Å²) in [5.74, 6) is -0.0860.